The summed E-state index contributed by atoms with van der Waals surface area (Å²) in [6.45, 7) is 1.00. The van der Waals surface area contributed by atoms with E-state index in [2.05, 4.69) is 21.1 Å². The second kappa shape index (κ2) is 8.07. The lowest BCUT2D eigenvalue weighted by Gasteiger charge is -2.11. The maximum Gasteiger partial charge on any atom is 0.261 e. The fourth-order valence-electron chi connectivity index (χ4n) is 3.94. The first kappa shape index (κ1) is 19.1. The summed E-state index contributed by atoms with van der Waals surface area (Å²) in [5.74, 6) is 0.669. The second-order valence-corrected chi connectivity index (χ2v) is 7.71. The molecule has 6 nitrogen and oxygen atoms in total. The zero-order valence-corrected chi connectivity index (χ0v) is 17.0. The van der Waals surface area contributed by atoms with Gasteiger partial charge in [0.2, 0.25) is 0 Å². The Bertz CT molecular complexity index is 1280. The Morgan fingerprint density at radius 1 is 0.968 bits per heavy atom. The molecule has 0 saturated carbocycles. The Morgan fingerprint density at radius 3 is 2.61 bits per heavy atom. The number of nitrogens with zero attached hydrogens (tertiary/aromatic N) is 2. The minimum Gasteiger partial charge on any atom is -0.334 e. The van der Waals surface area contributed by atoms with Gasteiger partial charge < -0.3 is 14.9 Å². The van der Waals surface area contributed by atoms with Gasteiger partial charge in [0.15, 0.2) is 0 Å². The van der Waals surface area contributed by atoms with Crippen molar-refractivity contribution in [1.29, 1.82) is 0 Å². The van der Waals surface area contributed by atoms with Crippen LogP contribution in [0, 0.1) is 0 Å². The highest BCUT2D eigenvalue weighted by Crippen LogP contribution is 2.25. The molecule has 6 heteroatoms. The van der Waals surface area contributed by atoms with E-state index in [1.54, 1.807) is 12.1 Å². The van der Waals surface area contributed by atoms with E-state index in [1.807, 2.05) is 54.6 Å². The number of aryl methyl sites for hydroxylation is 2. The lowest BCUT2D eigenvalue weighted by atomic mass is 10.1. The summed E-state index contributed by atoms with van der Waals surface area (Å²) in [6, 6.07) is 20.4. The Hall–Kier alpha value is -3.93. The van der Waals surface area contributed by atoms with E-state index in [9.17, 15) is 9.59 Å². The molecular weight excluding hydrogens is 388 g/mol. The molecule has 1 aliphatic rings. The number of imidazole rings is 1. The molecule has 154 valence electrons. The van der Waals surface area contributed by atoms with Gasteiger partial charge in [0, 0.05) is 36.1 Å². The van der Waals surface area contributed by atoms with E-state index in [1.165, 1.54) is 12.8 Å². The highest BCUT2D eigenvalue weighted by Gasteiger charge is 2.15. The molecule has 5 rings (SSSR count). The highest BCUT2D eigenvalue weighted by atomic mass is 16.2. The van der Waals surface area contributed by atoms with Crippen LogP contribution in [0.5, 0.6) is 0 Å². The second-order valence-electron chi connectivity index (χ2n) is 7.71. The number of H-pyrrole nitrogens is 1. The molecule has 0 atom stereocenters. The average molecular weight is 410 g/mol. The minimum absolute atomic E-state index is 0.0718. The molecule has 3 heterocycles. The molecule has 0 bridgehead atoms. The minimum atomic E-state index is -0.442. The number of carbonyl (C=O) groups excluding carboxylic acids is 1. The van der Waals surface area contributed by atoms with E-state index >= 15 is 0 Å². The fourth-order valence-corrected chi connectivity index (χ4v) is 3.94. The van der Waals surface area contributed by atoms with Gasteiger partial charge in [-0.05, 0) is 42.7 Å². The molecule has 1 aliphatic heterocycles. The molecule has 0 fully saturated rings. The highest BCUT2D eigenvalue weighted by molar-refractivity contribution is 6.04. The Kier molecular flexibility index (Phi) is 4.96. The Morgan fingerprint density at radius 2 is 1.81 bits per heavy atom. The smallest absolute Gasteiger partial charge is 0.261 e. The van der Waals surface area contributed by atoms with E-state index in [4.69, 9.17) is 4.98 Å². The SMILES string of the molecule is O=C(Nc1cccc(-c2cn3c(n2)CCCC3)c1)c1ccc(-c2ccccc2)[nH]c1=O. The van der Waals surface area contributed by atoms with Crippen LogP contribution in [0.15, 0.2) is 77.7 Å². The number of hydrogen-bond acceptors (Lipinski definition) is 3. The fraction of sp³-hybridized carbons (Fsp3) is 0.160. The molecule has 2 aromatic carbocycles. The number of rotatable bonds is 4. The van der Waals surface area contributed by atoms with Gasteiger partial charge in [-0.1, -0.05) is 42.5 Å². The number of hydrogen-bond donors (Lipinski definition) is 2. The zero-order valence-electron chi connectivity index (χ0n) is 17.0. The predicted octanol–water partition coefficient (Wildman–Crippen LogP) is 4.49. The summed E-state index contributed by atoms with van der Waals surface area (Å²) >= 11 is 0. The van der Waals surface area contributed by atoms with E-state index < -0.39 is 11.5 Å². The van der Waals surface area contributed by atoms with Gasteiger partial charge in [-0.3, -0.25) is 9.59 Å². The van der Waals surface area contributed by atoms with Gasteiger partial charge >= 0.3 is 0 Å². The van der Waals surface area contributed by atoms with Crippen molar-refractivity contribution in [3.8, 4) is 22.5 Å². The van der Waals surface area contributed by atoms with Crippen LogP contribution in [0.2, 0.25) is 0 Å². The van der Waals surface area contributed by atoms with Crippen molar-refractivity contribution in [1.82, 2.24) is 14.5 Å². The van der Waals surface area contributed by atoms with Crippen LogP contribution < -0.4 is 10.9 Å². The number of benzene rings is 2. The lowest BCUT2D eigenvalue weighted by Crippen LogP contribution is -2.23. The summed E-state index contributed by atoms with van der Waals surface area (Å²) in [4.78, 5) is 32.8. The summed E-state index contributed by atoms with van der Waals surface area (Å²) in [7, 11) is 0. The number of aromatic nitrogens is 3. The molecule has 31 heavy (non-hydrogen) atoms. The number of fused-ring (bicyclic) bond motifs is 1. The van der Waals surface area contributed by atoms with Crippen LogP contribution in [0.3, 0.4) is 0 Å². The molecule has 0 saturated heterocycles. The van der Waals surface area contributed by atoms with Gasteiger partial charge in [0.05, 0.1) is 5.69 Å². The number of aromatic amines is 1. The molecule has 0 unspecified atom stereocenters. The van der Waals surface area contributed by atoms with E-state index in [0.717, 1.165) is 35.6 Å². The molecule has 2 aromatic heterocycles. The molecular formula is C25H22N4O2. The van der Waals surface area contributed by atoms with Gasteiger partial charge in [-0.15, -0.1) is 0 Å². The lowest BCUT2D eigenvalue weighted by molar-refractivity contribution is 0.102. The third-order valence-electron chi connectivity index (χ3n) is 5.56. The third kappa shape index (κ3) is 3.92. The van der Waals surface area contributed by atoms with Crippen LogP contribution in [-0.4, -0.2) is 20.4 Å². The van der Waals surface area contributed by atoms with E-state index in [-0.39, 0.29) is 5.56 Å². The first-order valence-corrected chi connectivity index (χ1v) is 10.4. The van der Waals surface area contributed by atoms with Crippen molar-refractivity contribution in [3.63, 3.8) is 0 Å². The largest absolute Gasteiger partial charge is 0.334 e. The third-order valence-corrected chi connectivity index (χ3v) is 5.56. The topological polar surface area (TPSA) is 79.8 Å². The van der Waals surface area contributed by atoms with Crippen molar-refractivity contribution < 1.29 is 4.79 Å². The number of pyridine rings is 1. The molecule has 0 aliphatic carbocycles. The summed E-state index contributed by atoms with van der Waals surface area (Å²) in [5.41, 5.74) is 3.68. The monoisotopic (exact) mass is 410 g/mol. The van der Waals surface area contributed by atoms with Crippen molar-refractivity contribution in [2.45, 2.75) is 25.8 Å². The van der Waals surface area contributed by atoms with Crippen molar-refractivity contribution in [3.05, 3.63) is 94.7 Å². The van der Waals surface area contributed by atoms with Gasteiger partial charge in [-0.25, -0.2) is 4.98 Å². The molecule has 2 N–H and O–H groups in total. The van der Waals surface area contributed by atoms with E-state index in [0.29, 0.717) is 11.4 Å². The van der Waals surface area contributed by atoms with Crippen LogP contribution in [0.4, 0.5) is 5.69 Å². The average Bonchev–Trinajstić information content (AvgIpc) is 3.24. The van der Waals surface area contributed by atoms with Gasteiger partial charge in [0.1, 0.15) is 11.4 Å². The predicted molar refractivity (Wildman–Crippen MR) is 121 cm³/mol. The first-order chi connectivity index (χ1) is 15.2. The Balaban J connectivity index is 1.37. The Labute approximate surface area is 179 Å². The normalized spacial score (nSPS) is 12.9. The summed E-state index contributed by atoms with van der Waals surface area (Å²) in [6.07, 6.45) is 5.42. The number of anilines is 1. The molecule has 0 spiro atoms. The maximum absolute atomic E-state index is 12.7. The maximum atomic E-state index is 12.7. The molecule has 4 aromatic rings. The van der Waals surface area contributed by atoms with Crippen LogP contribution in [0.1, 0.15) is 29.0 Å². The number of carbonyl (C=O) groups is 1. The molecule has 0 radical (unpaired) electrons. The number of amides is 1. The quantitative estimate of drug-likeness (QED) is 0.520. The summed E-state index contributed by atoms with van der Waals surface area (Å²) in [5, 5.41) is 2.84. The van der Waals surface area contributed by atoms with Crippen molar-refractivity contribution in [2.24, 2.45) is 0 Å². The van der Waals surface area contributed by atoms with Gasteiger partial charge in [0.25, 0.3) is 11.5 Å². The number of nitrogens with one attached hydrogen (secondary N) is 2. The first-order valence-electron chi connectivity index (χ1n) is 10.4. The van der Waals surface area contributed by atoms with Crippen molar-refractivity contribution in [2.75, 3.05) is 5.32 Å². The molecule has 1 amide bonds. The van der Waals surface area contributed by atoms with Crippen LogP contribution >= 0.6 is 0 Å². The standard InChI is InChI=1S/C25H22N4O2/c30-24(20-12-13-21(28-25(20)31)17-7-2-1-3-8-17)26-19-10-6-9-18(15-19)22-16-29-14-5-4-11-23(29)27-22/h1-3,6-10,12-13,15-16H,4-5,11,14H2,(H,26,30)(H,28,31). The zero-order chi connectivity index (χ0) is 21.2. The van der Waals surface area contributed by atoms with Crippen LogP contribution in [-0.2, 0) is 13.0 Å². The van der Waals surface area contributed by atoms with Crippen molar-refractivity contribution >= 4 is 11.6 Å². The van der Waals surface area contributed by atoms with Gasteiger partial charge in [-0.2, -0.15) is 0 Å². The summed E-state index contributed by atoms with van der Waals surface area (Å²) < 4.78 is 2.21. The van der Waals surface area contributed by atoms with Crippen LogP contribution in [0.25, 0.3) is 22.5 Å².